The number of hydrogen-bond acceptors (Lipinski definition) is 7. The predicted octanol–water partition coefficient (Wildman–Crippen LogP) is 1.08. The Labute approximate surface area is 176 Å². The molecule has 3 heterocycles. The van der Waals surface area contributed by atoms with Crippen molar-refractivity contribution in [1.29, 1.82) is 0 Å². The summed E-state index contributed by atoms with van der Waals surface area (Å²) in [6, 6.07) is 7.35. The molecule has 1 aliphatic heterocycles. The molecule has 9 nitrogen and oxygen atoms in total. The SMILES string of the molecule is COc1ccc(CNC(=O)Cn2c(=O)n(C)c(=O)c3sc(N4CCCC4)nc32)cc1. The van der Waals surface area contributed by atoms with Gasteiger partial charge in [-0.05, 0) is 30.5 Å². The zero-order chi connectivity index (χ0) is 21.3. The first kappa shape index (κ1) is 20.1. The molecule has 1 amide bonds. The van der Waals surface area contributed by atoms with Crippen LogP contribution in [0.1, 0.15) is 18.4 Å². The third-order valence-electron chi connectivity index (χ3n) is 5.20. The van der Waals surface area contributed by atoms with Crippen LogP contribution in [0.4, 0.5) is 5.13 Å². The predicted molar refractivity (Wildman–Crippen MR) is 115 cm³/mol. The highest BCUT2D eigenvalue weighted by Gasteiger charge is 2.22. The lowest BCUT2D eigenvalue weighted by molar-refractivity contribution is -0.121. The molecule has 0 spiro atoms. The molecule has 0 unspecified atom stereocenters. The smallest absolute Gasteiger partial charge is 0.332 e. The monoisotopic (exact) mass is 429 g/mol. The Morgan fingerprint density at radius 3 is 2.57 bits per heavy atom. The highest BCUT2D eigenvalue weighted by molar-refractivity contribution is 7.22. The summed E-state index contributed by atoms with van der Waals surface area (Å²) in [6.07, 6.45) is 2.16. The Hall–Kier alpha value is -3.14. The number of nitrogens with one attached hydrogen (secondary N) is 1. The Morgan fingerprint density at radius 2 is 1.90 bits per heavy atom. The second-order valence-corrected chi connectivity index (χ2v) is 8.18. The number of methoxy groups -OCH3 is 1. The summed E-state index contributed by atoms with van der Waals surface area (Å²) in [4.78, 5) is 44.5. The number of amides is 1. The maximum absolute atomic E-state index is 12.7. The topological polar surface area (TPSA) is 98.5 Å². The highest BCUT2D eigenvalue weighted by atomic mass is 32.1. The van der Waals surface area contributed by atoms with Gasteiger partial charge in [-0.15, -0.1) is 0 Å². The van der Waals surface area contributed by atoms with Gasteiger partial charge in [-0.25, -0.2) is 9.78 Å². The second-order valence-electron chi connectivity index (χ2n) is 7.20. The molecule has 0 bridgehead atoms. The number of ether oxygens (including phenoxy) is 1. The van der Waals surface area contributed by atoms with E-state index in [2.05, 4.69) is 15.2 Å². The van der Waals surface area contributed by atoms with Crippen molar-refractivity contribution in [3.8, 4) is 5.75 Å². The van der Waals surface area contributed by atoms with E-state index in [0.717, 1.165) is 46.9 Å². The van der Waals surface area contributed by atoms with E-state index < -0.39 is 5.69 Å². The van der Waals surface area contributed by atoms with Gasteiger partial charge in [0.1, 0.15) is 17.0 Å². The minimum atomic E-state index is -0.551. The number of anilines is 1. The van der Waals surface area contributed by atoms with E-state index in [1.807, 2.05) is 24.3 Å². The minimum Gasteiger partial charge on any atom is -0.497 e. The summed E-state index contributed by atoms with van der Waals surface area (Å²) in [5.74, 6) is 0.408. The maximum atomic E-state index is 12.7. The van der Waals surface area contributed by atoms with Gasteiger partial charge in [-0.3, -0.25) is 18.7 Å². The molecule has 10 heteroatoms. The summed E-state index contributed by atoms with van der Waals surface area (Å²) in [5.41, 5.74) is 0.250. The summed E-state index contributed by atoms with van der Waals surface area (Å²) >= 11 is 1.28. The van der Waals surface area contributed by atoms with Crippen LogP contribution in [0.25, 0.3) is 10.3 Å². The first-order valence-corrected chi connectivity index (χ1v) is 10.5. The normalized spacial score (nSPS) is 13.7. The number of nitrogens with zero attached hydrogens (tertiary/aromatic N) is 4. The van der Waals surface area contributed by atoms with E-state index in [1.165, 1.54) is 23.0 Å². The molecule has 0 saturated carbocycles. The van der Waals surface area contributed by atoms with Crippen molar-refractivity contribution in [2.75, 3.05) is 25.1 Å². The van der Waals surface area contributed by atoms with Crippen molar-refractivity contribution in [3.05, 3.63) is 50.7 Å². The van der Waals surface area contributed by atoms with E-state index >= 15 is 0 Å². The number of carbonyl (C=O) groups excluding carboxylic acids is 1. The van der Waals surface area contributed by atoms with Crippen LogP contribution in [0.5, 0.6) is 5.75 Å². The number of carbonyl (C=O) groups is 1. The third kappa shape index (κ3) is 3.82. The lowest BCUT2D eigenvalue weighted by Gasteiger charge is -2.12. The standard InChI is InChI=1S/C20H23N5O4S/c1-23-18(27)16-17(22-19(30-16)24-9-3-4-10-24)25(20(23)28)12-15(26)21-11-13-5-7-14(29-2)8-6-13/h5-8H,3-4,9-12H2,1-2H3,(H,21,26). The van der Waals surface area contributed by atoms with Gasteiger partial charge in [-0.1, -0.05) is 23.5 Å². The van der Waals surface area contributed by atoms with Gasteiger partial charge in [0.05, 0.1) is 7.11 Å². The molecule has 1 N–H and O–H groups in total. The molecular formula is C20H23N5O4S. The molecule has 30 heavy (non-hydrogen) atoms. The zero-order valence-corrected chi connectivity index (χ0v) is 17.7. The number of benzene rings is 1. The van der Waals surface area contributed by atoms with E-state index in [9.17, 15) is 14.4 Å². The minimum absolute atomic E-state index is 0.206. The lowest BCUT2D eigenvalue weighted by atomic mass is 10.2. The lowest BCUT2D eigenvalue weighted by Crippen LogP contribution is -2.41. The third-order valence-corrected chi connectivity index (χ3v) is 6.29. The maximum Gasteiger partial charge on any atom is 0.332 e. The number of thiazole rings is 1. The Balaban J connectivity index is 1.58. The number of rotatable bonds is 6. The molecule has 0 atom stereocenters. The molecule has 4 rings (SSSR count). The van der Waals surface area contributed by atoms with Crippen LogP contribution in [-0.2, 0) is 24.9 Å². The van der Waals surface area contributed by atoms with Crippen LogP contribution in [0.2, 0.25) is 0 Å². The van der Waals surface area contributed by atoms with Gasteiger partial charge in [0.2, 0.25) is 5.91 Å². The van der Waals surface area contributed by atoms with E-state index in [0.29, 0.717) is 11.2 Å². The molecule has 1 aromatic carbocycles. The van der Waals surface area contributed by atoms with Gasteiger partial charge in [0, 0.05) is 26.7 Å². The molecule has 1 saturated heterocycles. The van der Waals surface area contributed by atoms with Crippen LogP contribution >= 0.6 is 11.3 Å². The van der Waals surface area contributed by atoms with E-state index in [-0.39, 0.29) is 23.7 Å². The summed E-state index contributed by atoms with van der Waals surface area (Å²) in [7, 11) is 3.02. The molecule has 0 aliphatic carbocycles. The second kappa shape index (κ2) is 8.31. The van der Waals surface area contributed by atoms with Gasteiger partial charge < -0.3 is 15.0 Å². The van der Waals surface area contributed by atoms with E-state index in [1.54, 1.807) is 7.11 Å². The van der Waals surface area contributed by atoms with Gasteiger partial charge >= 0.3 is 5.69 Å². The first-order chi connectivity index (χ1) is 14.5. The van der Waals surface area contributed by atoms with Crippen molar-refractivity contribution in [1.82, 2.24) is 19.4 Å². The average molecular weight is 430 g/mol. The van der Waals surface area contributed by atoms with Crippen LogP contribution < -0.4 is 26.2 Å². The number of fused-ring (bicyclic) bond motifs is 1. The molecular weight excluding hydrogens is 406 g/mol. The van der Waals surface area contributed by atoms with Crippen molar-refractivity contribution < 1.29 is 9.53 Å². The molecule has 1 aliphatic rings. The molecule has 2 aromatic heterocycles. The van der Waals surface area contributed by atoms with E-state index in [4.69, 9.17) is 4.74 Å². The van der Waals surface area contributed by atoms with Crippen molar-refractivity contribution in [2.24, 2.45) is 7.05 Å². The summed E-state index contributed by atoms with van der Waals surface area (Å²) < 4.78 is 7.82. The molecule has 0 radical (unpaired) electrons. The van der Waals surface area contributed by atoms with Crippen LogP contribution in [0.3, 0.4) is 0 Å². The summed E-state index contributed by atoms with van der Waals surface area (Å²) in [6.45, 7) is 1.88. The molecule has 158 valence electrons. The summed E-state index contributed by atoms with van der Waals surface area (Å²) in [5, 5.41) is 3.53. The highest BCUT2D eigenvalue weighted by Crippen LogP contribution is 2.28. The van der Waals surface area contributed by atoms with Gasteiger partial charge in [0.15, 0.2) is 10.8 Å². The van der Waals surface area contributed by atoms with Crippen LogP contribution in [0, 0.1) is 0 Å². The fourth-order valence-corrected chi connectivity index (χ4v) is 4.56. The fourth-order valence-electron chi connectivity index (χ4n) is 3.46. The number of aromatic nitrogens is 3. The van der Waals surface area contributed by atoms with Crippen LogP contribution in [0.15, 0.2) is 33.9 Å². The van der Waals surface area contributed by atoms with Crippen molar-refractivity contribution in [3.63, 3.8) is 0 Å². The molecule has 3 aromatic rings. The van der Waals surface area contributed by atoms with Crippen molar-refractivity contribution in [2.45, 2.75) is 25.9 Å². The first-order valence-electron chi connectivity index (χ1n) is 9.73. The van der Waals surface area contributed by atoms with Gasteiger partial charge in [0.25, 0.3) is 5.56 Å². The molecule has 1 fully saturated rings. The Kier molecular flexibility index (Phi) is 5.58. The quantitative estimate of drug-likeness (QED) is 0.630. The zero-order valence-electron chi connectivity index (χ0n) is 16.9. The number of hydrogen-bond donors (Lipinski definition) is 1. The van der Waals surface area contributed by atoms with Gasteiger partial charge in [-0.2, -0.15) is 0 Å². The largest absolute Gasteiger partial charge is 0.497 e. The average Bonchev–Trinajstić information content (AvgIpc) is 3.44. The Bertz CT molecular complexity index is 1190. The Morgan fingerprint density at radius 1 is 1.20 bits per heavy atom. The van der Waals surface area contributed by atoms with Crippen LogP contribution in [-0.4, -0.2) is 40.2 Å². The van der Waals surface area contributed by atoms with Crippen molar-refractivity contribution >= 4 is 32.7 Å². The fraction of sp³-hybridized carbons (Fsp3) is 0.400.